The lowest BCUT2D eigenvalue weighted by molar-refractivity contribution is -0.124. The van der Waals surface area contributed by atoms with Gasteiger partial charge in [0.2, 0.25) is 0 Å². The molecule has 0 aromatic carbocycles. The van der Waals surface area contributed by atoms with Gasteiger partial charge in [0.25, 0.3) is 0 Å². The third-order valence-electron chi connectivity index (χ3n) is 5.25. The van der Waals surface area contributed by atoms with Crippen molar-refractivity contribution in [2.75, 3.05) is 52.9 Å². The van der Waals surface area contributed by atoms with E-state index in [0.29, 0.717) is 115 Å². The van der Waals surface area contributed by atoms with Crippen molar-refractivity contribution in [2.24, 2.45) is 0 Å². The van der Waals surface area contributed by atoms with Gasteiger partial charge in [-0.15, -0.1) is 0 Å². The molecule has 0 saturated carbocycles. The predicted octanol–water partition coefficient (Wildman–Crippen LogP) is 4.38. The fourth-order valence-electron chi connectivity index (χ4n) is 3.01. The highest BCUT2D eigenvalue weighted by Gasteiger charge is 2.08. The van der Waals surface area contributed by atoms with Gasteiger partial charge in [-0.1, -0.05) is 13.2 Å². The summed E-state index contributed by atoms with van der Waals surface area (Å²) in [6.45, 7) is 14.4. The van der Waals surface area contributed by atoms with Crippen LogP contribution >= 0.6 is 0 Å². The largest absolute Gasteiger partial charge is 0.379 e. The molecule has 0 aromatic heterocycles. The third-order valence-corrected chi connectivity index (χ3v) is 5.25. The minimum atomic E-state index is 0.0644. The number of carbonyl (C=O) groups is 4. The van der Waals surface area contributed by atoms with Gasteiger partial charge in [0, 0.05) is 65.0 Å². The molecule has 0 radical (unpaired) electrons. The molecule has 0 fully saturated rings. The van der Waals surface area contributed by atoms with Crippen molar-refractivity contribution in [3.8, 4) is 0 Å². The van der Waals surface area contributed by atoms with Gasteiger partial charge in [0.05, 0.1) is 26.4 Å². The number of ketones is 4. The SMILES string of the molecule is C=C(C)C(=O)CCCOCCOCCCC(=O)CCC(=O)CCCOCCOCCCC(=O)C(=C)C. The molecule has 0 bridgehead atoms. The Hall–Kier alpha value is -2.00. The third kappa shape index (κ3) is 22.5. The van der Waals surface area contributed by atoms with Crippen molar-refractivity contribution in [3.63, 3.8) is 0 Å². The zero-order valence-electron chi connectivity index (χ0n) is 22.4. The Morgan fingerprint density at radius 2 is 0.722 bits per heavy atom. The molecule has 0 aromatic rings. The second kappa shape index (κ2) is 23.4. The van der Waals surface area contributed by atoms with Gasteiger partial charge in [0.1, 0.15) is 11.6 Å². The summed E-state index contributed by atoms with van der Waals surface area (Å²) in [5, 5.41) is 0. The van der Waals surface area contributed by atoms with Gasteiger partial charge in [-0.2, -0.15) is 0 Å². The summed E-state index contributed by atoms with van der Waals surface area (Å²) in [5.74, 6) is 0.275. The molecule has 0 saturated heterocycles. The maximum atomic E-state index is 11.9. The van der Waals surface area contributed by atoms with Crippen LogP contribution in [0.4, 0.5) is 0 Å². The van der Waals surface area contributed by atoms with E-state index in [1.807, 2.05) is 0 Å². The molecule has 8 nitrogen and oxygen atoms in total. The van der Waals surface area contributed by atoms with Gasteiger partial charge in [-0.3, -0.25) is 19.2 Å². The standard InChI is InChI=1S/C28H46O8/c1-23(2)27(31)11-7-17-35-21-19-33-15-5-9-25(29)13-14-26(30)10-6-16-34-20-22-36-18-8-12-28(32)24(3)4/h1,3,5-22H2,2,4H3. The maximum absolute atomic E-state index is 11.9. The summed E-state index contributed by atoms with van der Waals surface area (Å²) in [6, 6.07) is 0. The van der Waals surface area contributed by atoms with E-state index in [9.17, 15) is 19.2 Å². The van der Waals surface area contributed by atoms with Crippen LogP contribution in [0.1, 0.15) is 78.1 Å². The molecule has 0 aliphatic rings. The lowest BCUT2D eigenvalue weighted by atomic mass is 10.1. The van der Waals surface area contributed by atoms with Gasteiger partial charge < -0.3 is 18.9 Å². The van der Waals surface area contributed by atoms with Gasteiger partial charge in [-0.25, -0.2) is 0 Å². The van der Waals surface area contributed by atoms with Crippen LogP contribution in [0.3, 0.4) is 0 Å². The van der Waals surface area contributed by atoms with Crippen LogP contribution in [0.25, 0.3) is 0 Å². The minimum Gasteiger partial charge on any atom is -0.379 e. The molecule has 0 unspecified atom stereocenters. The summed E-state index contributed by atoms with van der Waals surface area (Å²) in [5.41, 5.74) is 1.14. The van der Waals surface area contributed by atoms with Crippen molar-refractivity contribution in [3.05, 3.63) is 24.3 Å². The fraction of sp³-hybridized carbons (Fsp3) is 0.714. The molecule has 0 amide bonds. The molecule has 0 aliphatic heterocycles. The molecule has 206 valence electrons. The number of Topliss-reactive ketones (excluding diaryl/α,β-unsaturated/α-hetero) is 4. The van der Waals surface area contributed by atoms with E-state index >= 15 is 0 Å². The van der Waals surface area contributed by atoms with Crippen molar-refractivity contribution >= 4 is 23.1 Å². The lowest BCUT2D eigenvalue weighted by Crippen LogP contribution is -2.10. The summed E-state index contributed by atoms with van der Waals surface area (Å²) < 4.78 is 21.7. The average Bonchev–Trinajstić information content (AvgIpc) is 2.84. The molecular formula is C28H46O8. The van der Waals surface area contributed by atoms with Crippen LogP contribution in [0.2, 0.25) is 0 Å². The summed E-state index contributed by atoms with van der Waals surface area (Å²) in [4.78, 5) is 46.6. The highest BCUT2D eigenvalue weighted by molar-refractivity contribution is 5.94. The van der Waals surface area contributed by atoms with Crippen molar-refractivity contribution in [1.82, 2.24) is 0 Å². The molecule has 36 heavy (non-hydrogen) atoms. The average molecular weight is 511 g/mol. The van der Waals surface area contributed by atoms with Crippen LogP contribution in [0, 0.1) is 0 Å². The number of hydrogen-bond acceptors (Lipinski definition) is 8. The first-order valence-electron chi connectivity index (χ1n) is 13.0. The number of rotatable bonds is 27. The van der Waals surface area contributed by atoms with E-state index in [-0.39, 0.29) is 36.0 Å². The van der Waals surface area contributed by atoms with Gasteiger partial charge in [0.15, 0.2) is 11.6 Å². The number of hydrogen-bond donors (Lipinski definition) is 0. The van der Waals surface area contributed by atoms with Crippen LogP contribution in [0.5, 0.6) is 0 Å². The molecule has 0 rings (SSSR count). The Bertz CT molecular complexity index is 625. The maximum Gasteiger partial charge on any atom is 0.158 e. The van der Waals surface area contributed by atoms with Crippen molar-refractivity contribution in [1.29, 1.82) is 0 Å². The van der Waals surface area contributed by atoms with E-state index in [4.69, 9.17) is 18.9 Å². The highest BCUT2D eigenvalue weighted by atomic mass is 16.5. The van der Waals surface area contributed by atoms with Gasteiger partial charge in [-0.05, 0) is 50.7 Å². The Labute approximate surface area is 216 Å². The molecule has 0 aliphatic carbocycles. The zero-order chi connectivity index (χ0) is 27.0. The first-order chi connectivity index (χ1) is 17.2. The van der Waals surface area contributed by atoms with E-state index in [1.54, 1.807) is 13.8 Å². The van der Waals surface area contributed by atoms with E-state index in [0.717, 1.165) is 0 Å². The summed E-state index contributed by atoms with van der Waals surface area (Å²) in [7, 11) is 0. The highest BCUT2D eigenvalue weighted by Crippen LogP contribution is 2.04. The van der Waals surface area contributed by atoms with Crippen LogP contribution in [0.15, 0.2) is 24.3 Å². The molecule has 0 atom stereocenters. The Kier molecular flexibility index (Phi) is 22.1. The van der Waals surface area contributed by atoms with Crippen LogP contribution < -0.4 is 0 Å². The monoisotopic (exact) mass is 510 g/mol. The molecular weight excluding hydrogens is 464 g/mol. The summed E-state index contributed by atoms with van der Waals surface area (Å²) >= 11 is 0. The lowest BCUT2D eigenvalue weighted by Gasteiger charge is -2.06. The zero-order valence-corrected chi connectivity index (χ0v) is 22.4. The van der Waals surface area contributed by atoms with Crippen molar-refractivity contribution in [2.45, 2.75) is 78.1 Å². The van der Waals surface area contributed by atoms with E-state index in [1.165, 1.54) is 0 Å². The molecule has 0 heterocycles. The second-order valence-electron chi connectivity index (χ2n) is 8.85. The molecule has 0 spiro atoms. The number of carbonyl (C=O) groups excluding carboxylic acids is 4. The Morgan fingerprint density at radius 3 is 1.00 bits per heavy atom. The van der Waals surface area contributed by atoms with E-state index < -0.39 is 0 Å². The molecule has 8 heteroatoms. The Morgan fingerprint density at radius 1 is 0.444 bits per heavy atom. The number of ether oxygens (including phenoxy) is 4. The first-order valence-corrected chi connectivity index (χ1v) is 13.0. The molecule has 0 N–H and O–H groups in total. The smallest absolute Gasteiger partial charge is 0.158 e. The van der Waals surface area contributed by atoms with Gasteiger partial charge >= 0.3 is 0 Å². The predicted molar refractivity (Wildman–Crippen MR) is 139 cm³/mol. The van der Waals surface area contributed by atoms with Crippen molar-refractivity contribution < 1.29 is 38.1 Å². The van der Waals surface area contributed by atoms with Crippen LogP contribution in [-0.2, 0) is 38.1 Å². The summed E-state index contributed by atoms with van der Waals surface area (Å²) in [6.07, 6.45) is 4.84. The normalized spacial score (nSPS) is 10.8. The van der Waals surface area contributed by atoms with E-state index in [2.05, 4.69) is 13.2 Å². The number of allylic oxidation sites excluding steroid dienone is 2. The minimum absolute atomic E-state index is 0.0644. The fourth-order valence-corrected chi connectivity index (χ4v) is 3.01. The first kappa shape index (κ1) is 34.0. The second-order valence-corrected chi connectivity index (χ2v) is 8.85. The van der Waals surface area contributed by atoms with Crippen LogP contribution in [-0.4, -0.2) is 76.0 Å². The Balaban J connectivity index is 3.41. The topological polar surface area (TPSA) is 105 Å². The quantitative estimate of drug-likeness (QED) is 0.118.